The van der Waals surface area contributed by atoms with Crippen LogP contribution in [0.15, 0.2) is 48.5 Å². The summed E-state index contributed by atoms with van der Waals surface area (Å²) in [5.41, 5.74) is 7.70. The highest BCUT2D eigenvalue weighted by Gasteiger charge is 2.25. The lowest BCUT2D eigenvalue weighted by Crippen LogP contribution is -2.37. The molecule has 1 aliphatic rings. The molecule has 2 atom stereocenters. The van der Waals surface area contributed by atoms with Gasteiger partial charge in [-0.3, -0.25) is 9.84 Å². The molecule has 1 aliphatic heterocycles. The van der Waals surface area contributed by atoms with E-state index in [2.05, 4.69) is 68.2 Å². The molecule has 208 valence electrons. The predicted octanol–water partition coefficient (Wildman–Crippen LogP) is 6.91. The lowest BCUT2D eigenvalue weighted by Gasteiger charge is -2.37. The second-order valence-electron chi connectivity index (χ2n) is 10.3. The van der Waals surface area contributed by atoms with E-state index in [4.69, 9.17) is 17.6 Å². The van der Waals surface area contributed by atoms with Crippen molar-refractivity contribution in [2.45, 2.75) is 46.5 Å². The molecule has 2 aromatic carbocycles. The van der Waals surface area contributed by atoms with Gasteiger partial charge in [0.05, 0.1) is 22.7 Å². The Labute approximate surface area is 243 Å². The fourth-order valence-electron chi connectivity index (χ4n) is 4.58. The monoisotopic (exact) mass is 565 g/mol. The van der Waals surface area contributed by atoms with Gasteiger partial charge in [-0.05, 0) is 99.0 Å². The molecule has 1 N–H and O–H groups in total. The van der Waals surface area contributed by atoms with Gasteiger partial charge in [0.15, 0.2) is 0 Å². The van der Waals surface area contributed by atoms with Crippen LogP contribution in [0.2, 0.25) is 0 Å². The van der Waals surface area contributed by atoms with Gasteiger partial charge in [0.2, 0.25) is 0 Å². The molecule has 0 aromatic heterocycles. The highest BCUT2D eigenvalue weighted by molar-refractivity contribution is 7.82. The molecule has 3 rings (SSSR count). The molecule has 6 nitrogen and oxygen atoms in total. The maximum atomic E-state index is 6.02. The summed E-state index contributed by atoms with van der Waals surface area (Å²) in [6.07, 6.45) is 4.79. The Balaban J connectivity index is 0.00000481. The summed E-state index contributed by atoms with van der Waals surface area (Å²) in [6.45, 7) is 10.8. The van der Waals surface area contributed by atoms with E-state index < -0.39 is 0 Å². The molecule has 0 amide bonds. The summed E-state index contributed by atoms with van der Waals surface area (Å²) in [7, 11) is 3.91. The van der Waals surface area contributed by atoms with Crippen LogP contribution in [-0.2, 0) is 4.74 Å². The third-order valence-electron chi connectivity index (χ3n) is 7.35. The van der Waals surface area contributed by atoms with Crippen molar-refractivity contribution >= 4 is 61.9 Å². The number of ether oxygens (including phenoxy) is 1. The van der Waals surface area contributed by atoms with Crippen LogP contribution in [0.3, 0.4) is 0 Å². The maximum Gasteiger partial charge on any atom is 0.0785 e. The number of benzene rings is 2. The maximum absolute atomic E-state index is 6.02. The van der Waals surface area contributed by atoms with E-state index >= 15 is 0 Å². The number of para-hydroxylation sites is 2. The first-order chi connectivity index (χ1) is 17.3. The molecule has 37 heavy (non-hydrogen) atoms. The van der Waals surface area contributed by atoms with E-state index in [0.717, 1.165) is 55.2 Å². The second kappa shape index (κ2) is 15.9. The summed E-state index contributed by atoms with van der Waals surface area (Å²) >= 11 is 9.22. The molecule has 1 heterocycles. The number of hydrazine groups is 2. The molecule has 1 saturated heterocycles. The summed E-state index contributed by atoms with van der Waals surface area (Å²) in [6, 6.07) is 16.6. The first-order valence-corrected chi connectivity index (χ1v) is 14.0. The van der Waals surface area contributed by atoms with Gasteiger partial charge >= 0.3 is 0 Å². The van der Waals surface area contributed by atoms with Gasteiger partial charge in [-0.15, -0.1) is 0 Å². The molecule has 0 aliphatic carbocycles. The Hall–Kier alpha value is -1.39. The van der Waals surface area contributed by atoms with Crippen molar-refractivity contribution in [3.63, 3.8) is 0 Å². The minimum absolute atomic E-state index is 0. The van der Waals surface area contributed by atoms with Crippen molar-refractivity contribution in [3.8, 4) is 0 Å². The van der Waals surface area contributed by atoms with Crippen LogP contribution in [-0.4, -0.2) is 45.4 Å². The Morgan fingerprint density at radius 1 is 1.00 bits per heavy atom. The van der Waals surface area contributed by atoms with E-state index in [-0.39, 0.29) is 13.5 Å². The molecular weight excluding hydrogens is 519 g/mol. The Morgan fingerprint density at radius 2 is 1.62 bits per heavy atom. The summed E-state index contributed by atoms with van der Waals surface area (Å²) in [4.78, 5) is 2.50. The normalized spacial score (nSPS) is 15.7. The summed E-state index contributed by atoms with van der Waals surface area (Å²) in [5, 5.41) is 1.91. The minimum Gasteiger partial charge on any atom is -0.381 e. The summed E-state index contributed by atoms with van der Waals surface area (Å²) in [5.74, 6) is 2.08. The zero-order valence-corrected chi connectivity index (χ0v) is 25.9. The van der Waals surface area contributed by atoms with Gasteiger partial charge in [0, 0.05) is 40.4 Å². The highest BCUT2D eigenvalue weighted by Crippen LogP contribution is 2.33. The van der Waals surface area contributed by atoms with Crippen LogP contribution in [0.1, 0.15) is 46.5 Å². The molecule has 0 spiro atoms. The number of nitrogens with one attached hydrogen (secondary N) is 1. The third-order valence-corrected chi connectivity index (χ3v) is 8.27. The predicted molar refractivity (Wildman–Crippen MR) is 172 cm³/mol. The highest BCUT2D eigenvalue weighted by atomic mass is 32.1. The second-order valence-corrected chi connectivity index (χ2v) is 11.1. The van der Waals surface area contributed by atoms with Crippen molar-refractivity contribution < 1.29 is 4.74 Å². The van der Waals surface area contributed by atoms with E-state index in [0.29, 0.717) is 5.92 Å². The topological polar surface area (TPSA) is 34.2 Å². The SMILES string of the molecule is CCC(C)CCOCC(C)C1CCN(c2ccccc2NN(S)c2ccc(N(S)N(C)C)cc2)CC1.S. The van der Waals surface area contributed by atoms with Crippen molar-refractivity contribution in [2.24, 2.45) is 17.8 Å². The third kappa shape index (κ3) is 9.39. The molecule has 9 heteroatoms. The number of hydrogen-bond acceptors (Lipinski definition) is 8. The van der Waals surface area contributed by atoms with Crippen molar-refractivity contribution in [2.75, 3.05) is 59.6 Å². The first kappa shape index (κ1) is 31.8. The Morgan fingerprint density at radius 3 is 2.24 bits per heavy atom. The van der Waals surface area contributed by atoms with E-state index in [1.54, 1.807) is 8.83 Å². The molecule has 2 unspecified atom stereocenters. The molecule has 1 fully saturated rings. The smallest absolute Gasteiger partial charge is 0.0785 e. The zero-order valence-electron chi connectivity index (χ0n) is 23.1. The van der Waals surface area contributed by atoms with Gasteiger partial charge in [0.1, 0.15) is 0 Å². The van der Waals surface area contributed by atoms with Crippen LogP contribution in [0.5, 0.6) is 0 Å². The quantitative estimate of drug-likeness (QED) is 0.139. The standard InChI is InChI=1S/C28H45N5OS2.H2S/c1-6-22(2)17-20-34-21-23(3)24-15-18-31(19-16-24)28-10-8-7-9-27(28)29-32(35)25-11-13-26(14-12-25)33(36)30(4)5;/h7-14,22-24,29,35-36H,6,15-21H2,1-5H3;1H2. The van der Waals surface area contributed by atoms with Gasteiger partial charge in [-0.2, -0.15) is 13.5 Å². The Bertz CT molecular complexity index is 909. The van der Waals surface area contributed by atoms with Crippen LogP contribution in [0.4, 0.5) is 22.7 Å². The Kier molecular flexibility index (Phi) is 13.7. The number of anilines is 4. The van der Waals surface area contributed by atoms with Crippen molar-refractivity contribution in [1.29, 1.82) is 0 Å². The minimum atomic E-state index is 0. The van der Waals surface area contributed by atoms with Crippen molar-refractivity contribution in [1.82, 2.24) is 5.01 Å². The van der Waals surface area contributed by atoms with E-state index in [9.17, 15) is 0 Å². The summed E-state index contributed by atoms with van der Waals surface area (Å²) < 4.78 is 9.58. The molecule has 0 bridgehead atoms. The van der Waals surface area contributed by atoms with E-state index in [1.165, 1.54) is 31.4 Å². The number of hydrogen-bond donors (Lipinski definition) is 3. The van der Waals surface area contributed by atoms with Crippen LogP contribution >= 0.6 is 39.1 Å². The average molecular weight is 566 g/mol. The molecular formula is C28H47N5OS3. The van der Waals surface area contributed by atoms with Crippen LogP contribution in [0, 0.1) is 17.8 Å². The fraction of sp³-hybridized carbons (Fsp3) is 0.571. The lowest BCUT2D eigenvalue weighted by molar-refractivity contribution is 0.0700. The number of nitrogens with zero attached hydrogens (tertiary/aromatic N) is 4. The lowest BCUT2D eigenvalue weighted by atomic mass is 9.85. The molecule has 2 aromatic rings. The van der Waals surface area contributed by atoms with Gasteiger partial charge in [-0.25, -0.2) is 9.42 Å². The van der Waals surface area contributed by atoms with Crippen LogP contribution in [0.25, 0.3) is 0 Å². The first-order valence-electron chi connectivity index (χ1n) is 13.2. The van der Waals surface area contributed by atoms with Gasteiger partial charge in [-0.1, -0.05) is 39.3 Å². The van der Waals surface area contributed by atoms with E-state index in [1.807, 2.05) is 43.4 Å². The van der Waals surface area contributed by atoms with Gasteiger partial charge in [0.25, 0.3) is 0 Å². The largest absolute Gasteiger partial charge is 0.381 e. The zero-order chi connectivity index (χ0) is 26.1. The number of rotatable bonds is 13. The number of piperidine rings is 1. The van der Waals surface area contributed by atoms with Crippen LogP contribution < -0.4 is 19.2 Å². The number of thiol groups is 2. The average Bonchev–Trinajstić information content (AvgIpc) is 2.90. The molecule has 0 saturated carbocycles. The van der Waals surface area contributed by atoms with Crippen molar-refractivity contribution in [3.05, 3.63) is 48.5 Å². The molecule has 0 radical (unpaired) electrons. The fourth-order valence-corrected chi connectivity index (χ4v) is 4.96. The van der Waals surface area contributed by atoms with Gasteiger partial charge < -0.3 is 9.64 Å².